The zero-order valence-corrected chi connectivity index (χ0v) is 15.4. The Hall–Kier alpha value is -2.97. The second-order valence-electron chi connectivity index (χ2n) is 6.66. The molecule has 0 saturated heterocycles. The molecule has 1 saturated carbocycles. The fourth-order valence-corrected chi connectivity index (χ4v) is 3.43. The lowest BCUT2D eigenvalue weighted by Crippen LogP contribution is -2.18. The van der Waals surface area contributed by atoms with E-state index in [1.807, 2.05) is 28.9 Å². The van der Waals surface area contributed by atoms with Crippen LogP contribution in [0.25, 0.3) is 0 Å². The highest BCUT2D eigenvalue weighted by Crippen LogP contribution is 2.28. The van der Waals surface area contributed by atoms with Gasteiger partial charge in [-0.2, -0.15) is 5.10 Å². The van der Waals surface area contributed by atoms with Crippen LogP contribution in [0.4, 0.5) is 0 Å². The van der Waals surface area contributed by atoms with Crippen LogP contribution in [0.3, 0.4) is 0 Å². The molecule has 0 atom stereocenters. The van der Waals surface area contributed by atoms with Gasteiger partial charge in [0.25, 0.3) is 0 Å². The second-order valence-corrected chi connectivity index (χ2v) is 6.66. The molecule has 0 unspecified atom stereocenters. The summed E-state index contributed by atoms with van der Waals surface area (Å²) in [5.74, 6) is 3.00. The summed E-state index contributed by atoms with van der Waals surface area (Å²) in [4.78, 5) is 4.70. The molecule has 2 heterocycles. The highest BCUT2D eigenvalue weighted by Gasteiger charge is 2.21. The molecule has 0 aliphatic heterocycles. The van der Waals surface area contributed by atoms with Crippen LogP contribution in [0.1, 0.15) is 49.8 Å². The summed E-state index contributed by atoms with van der Waals surface area (Å²) in [5.41, 5.74) is 0. The molecule has 9 heteroatoms. The third-order valence-electron chi connectivity index (χ3n) is 4.77. The standard InChI is InChI=1S/C18H23N7O2/c1-26-15-8-5-9-16(10-15)27-12-17-20-18(11-24-13-19-22-23-24)25(21-17)14-6-3-2-4-7-14/h5,8-10,13-14H,2-4,6-7,11-12H2,1H3. The summed E-state index contributed by atoms with van der Waals surface area (Å²) in [6, 6.07) is 7.89. The molecular formula is C18H23N7O2. The molecular weight excluding hydrogens is 346 g/mol. The Morgan fingerprint density at radius 3 is 2.78 bits per heavy atom. The normalized spacial score (nSPS) is 15.0. The Bertz CT molecular complexity index is 856. The van der Waals surface area contributed by atoms with E-state index in [0.29, 0.717) is 25.0 Å². The molecule has 4 rings (SSSR count). The smallest absolute Gasteiger partial charge is 0.188 e. The van der Waals surface area contributed by atoms with Gasteiger partial charge < -0.3 is 9.47 Å². The van der Waals surface area contributed by atoms with Crippen LogP contribution >= 0.6 is 0 Å². The summed E-state index contributed by atoms with van der Waals surface area (Å²) >= 11 is 0. The zero-order chi connectivity index (χ0) is 18.5. The summed E-state index contributed by atoms with van der Waals surface area (Å²) in [6.07, 6.45) is 7.59. The van der Waals surface area contributed by atoms with Gasteiger partial charge >= 0.3 is 0 Å². The Balaban J connectivity index is 1.52. The maximum absolute atomic E-state index is 5.86. The van der Waals surface area contributed by atoms with Crippen LogP contribution in [-0.4, -0.2) is 42.1 Å². The molecule has 0 spiro atoms. The predicted octanol–water partition coefficient (Wildman–Crippen LogP) is 2.41. The van der Waals surface area contributed by atoms with Crippen LogP contribution < -0.4 is 9.47 Å². The maximum atomic E-state index is 5.86. The van der Waals surface area contributed by atoms with Crippen molar-refractivity contribution in [1.29, 1.82) is 0 Å². The Labute approximate surface area is 157 Å². The molecule has 0 radical (unpaired) electrons. The molecule has 9 nitrogen and oxygen atoms in total. The molecule has 142 valence electrons. The van der Waals surface area contributed by atoms with Gasteiger partial charge in [-0.1, -0.05) is 25.3 Å². The van der Waals surface area contributed by atoms with Gasteiger partial charge in [-0.25, -0.2) is 14.3 Å². The van der Waals surface area contributed by atoms with Crippen LogP contribution in [0, 0.1) is 0 Å². The first-order valence-electron chi connectivity index (χ1n) is 9.24. The summed E-state index contributed by atoms with van der Waals surface area (Å²) < 4.78 is 14.8. The number of rotatable bonds is 7. The van der Waals surface area contributed by atoms with Crippen LogP contribution in [0.15, 0.2) is 30.6 Å². The van der Waals surface area contributed by atoms with E-state index in [1.54, 1.807) is 18.1 Å². The largest absolute Gasteiger partial charge is 0.497 e. The van der Waals surface area contributed by atoms with Crippen molar-refractivity contribution < 1.29 is 9.47 Å². The number of hydrogen-bond acceptors (Lipinski definition) is 7. The molecule has 1 aromatic carbocycles. The number of benzene rings is 1. The van der Waals surface area contributed by atoms with Crippen molar-refractivity contribution >= 4 is 0 Å². The molecule has 0 N–H and O–H groups in total. The first-order chi connectivity index (χ1) is 13.3. The summed E-state index contributed by atoms with van der Waals surface area (Å²) in [7, 11) is 1.64. The van der Waals surface area contributed by atoms with Crippen LogP contribution in [-0.2, 0) is 13.2 Å². The monoisotopic (exact) mass is 369 g/mol. The minimum Gasteiger partial charge on any atom is -0.497 e. The van der Waals surface area contributed by atoms with Crippen LogP contribution in [0.5, 0.6) is 11.5 Å². The van der Waals surface area contributed by atoms with E-state index in [9.17, 15) is 0 Å². The zero-order valence-electron chi connectivity index (χ0n) is 15.4. The van der Waals surface area contributed by atoms with E-state index in [0.717, 1.165) is 30.2 Å². The van der Waals surface area contributed by atoms with Gasteiger partial charge in [-0.05, 0) is 35.4 Å². The van der Waals surface area contributed by atoms with E-state index < -0.39 is 0 Å². The lowest BCUT2D eigenvalue weighted by atomic mass is 9.95. The van der Waals surface area contributed by atoms with Crippen molar-refractivity contribution in [2.45, 2.75) is 51.3 Å². The van der Waals surface area contributed by atoms with E-state index in [2.05, 4.69) is 15.5 Å². The summed E-state index contributed by atoms with van der Waals surface area (Å²) in [6.45, 7) is 0.797. The van der Waals surface area contributed by atoms with Crippen molar-refractivity contribution in [3.8, 4) is 11.5 Å². The second kappa shape index (κ2) is 8.15. The number of aromatic nitrogens is 7. The first kappa shape index (κ1) is 17.4. The van der Waals surface area contributed by atoms with Crippen molar-refractivity contribution in [2.24, 2.45) is 0 Å². The third-order valence-corrected chi connectivity index (χ3v) is 4.77. The average molecular weight is 369 g/mol. The number of ether oxygens (including phenoxy) is 2. The molecule has 1 aliphatic carbocycles. The molecule has 0 amide bonds. The Morgan fingerprint density at radius 2 is 2.00 bits per heavy atom. The first-order valence-corrected chi connectivity index (χ1v) is 9.24. The van der Waals surface area contributed by atoms with Gasteiger partial charge in [-0.3, -0.25) is 0 Å². The van der Waals surface area contributed by atoms with Crippen molar-refractivity contribution in [3.63, 3.8) is 0 Å². The SMILES string of the molecule is COc1cccc(OCc2nc(Cn3cnnn3)n(C3CCCCC3)n2)c1. The van der Waals surface area contributed by atoms with Crippen molar-refractivity contribution in [1.82, 2.24) is 35.0 Å². The fraction of sp³-hybridized carbons (Fsp3) is 0.500. The lowest BCUT2D eigenvalue weighted by molar-refractivity contribution is 0.286. The molecule has 27 heavy (non-hydrogen) atoms. The summed E-state index contributed by atoms with van der Waals surface area (Å²) in [5, 5.41) is 16.1. The lowest BCUT2D eigenvalue weighted by Gasteiger charge is -2.23. The molecule has 3 aromatic rings. The van der Waals surface area contributed by atoms with Gasteiger partial charge in [0.1, 0.15) is 36.8 Å². The maximum Gasteiger partial charge on any atom is 0.188 e. The molecule has 2 aromatic heterocycles. The minimum absolute atomic E-state index is 0.301. The quantitative estimate of drug-likeness (QED) is 0.631. The molecule has 0 bridgehead atoms. The minimum atomic E-state index is 0.301. The van der Waals surface area contributed by atoms with Gasteiger partial charge in [-0.15, -0.1) is 5.10 Å². The van der Waals surface area contributed by atoms with E-state index in [-0.39, 0.29) is 0 Å². The third kappa shape index (κ3) is 4.24. The van der Waals surface area contributed by atoms with E-state index >= 15 is 0 Å². The van der Waals surface area contributed by atoms with Crippen LogP contribution in [0.2, 0.25) is 0 Å². The predicted molar refractivity (Wildman–Crippen MR) is 96.4 cm³/mol. The highest BCUT2D eigenvalue weighted by atomic mass is 16.5. The van der Waals surface area contributed by atoms with Gasteiger partial charge in [0, 0.05) is 6.07 Å². The van der Waals surface area contributed by atoms with E-state index in [4.69, 9.17) is 19.6 Å². The van der Waals surface area contributed by atoms with Gasteiger partial charge in [0.2, 0.25) is 0 Å². The number of nitrogens with zero attached hydrogens (tertiary/aromatic N) is 7. The molecule has 1 aliphatic rings. The average Bonchev–Trinajstić information content (AvgIpc) is 3.37. The topological polar surface area (TPSA) is 92.8 Å². The van der Waals surface area contributed by atoms with E-state index in [1.165, 1.54) is 19.3 Å². The number of tetrazole rings is 1. The Kier molecular flexibility index (Phi) is 5.27. The highest BCUT2D eigenvalue weighted by molar-refractivity contribution is 5.32. The van der Waals surface area contributed by atoms with Gasteiger partial charge in [0.15, 0.2) is 5.82 Å². The molecule has 1 fully saturated rings. The fourth-order valence-electron chi connectivity index (χ4n) is 3.43. The number of methoxy groups -OCH3 is 1. The Morgan fingerprint density at radius 1 is 1.15 bits per heavy atom. The van der Waals surface area contributed by atoms with Crippen molar-refractivity contribution in [2.75, 3.05) is 7.11 Å². The van der Waals surface area contributed by atoms with Crippen molar-refractivity contribution in [3.05, 3.63) is 42.2 Å². The number of hydrogen-bond donors (Lipinski definition) is 0. The van der Waals surface area contributed by atoms with Gasteiger partial charge in [0.05, 0.1) is 13.2 Å².